The Morgan fingerprint density at radius 2 is 2.20 bits per heavy atom. The second-order valence-electron chi connectivity index (χ2n) is 2.53. The molecule has 1 heteroatoms. The van der Waals surface area contributed by atoms with Crippen LogP contribution in [0, 0.1) is 12.8 Å². The van der Waals surface area contributed by atoms with E-state index in [4.69, 9.17) is 5.11 Å². The second-order valence-corrected chi connectivity index (χ2v) is 2.53. The highest BCUT2D eigenvalue weighted by Crippen LogP contribution is 2.09. The van der Waals surface area contributed by atoms with Crippen LogP contribution < -0.4 is 0 Å². The van der Waals surface area contributed by atoms with E-state index in [0.29, 0.717) is 5.92 Å². The summed E-state index contributed by atoms with van der Waals surface area (Å²) in [7, 11) is 0. The van der Waals surface area contributed by atoms with Crippen LogP contribution in [0.25, 0.3) is 0 Å². The number of rotatable bonds is 4. The van der Waals surface area contributed by atoms with E-state index >= 15 is 0 Å². The van der Waals surface area contributed by atoms with Crippen LogP contribution in [-0.4, -0.2) is 11.2 Å². The molecule has 10 heavy (non-hydrogen) atoms. The van der Waals surface area contributed by atoms with E-state index in [1.807, 2.05) is 19.1 Å². The summed E-state index contributed by atoms with van der Waals surface area (Å²) in [5.41, 5.74) is 0. The van der Waals surface area contributed by atoms with Crippen molar-refractivity contribution >= 4 is 0 Å². The molecule has 0 amide bonds. The fourth-order valence-corrected chi connectivity index (χ4v) is 0.909. The van der Waals surface area contributed by atoms with Crippen LogP contribution in [0.1, 0.15) is 26.7 Å². The summed E-state index contributed by atoms with van der Waals surface area (Å²) in [6, 6.07) is 0. The molecular weight excluding hydrogens is 124 g/mol. The van der Waals surface area contributed by atoms with Crippen LogP contribution in [0.2, 0.25) is 0 Å². The smallest absolute Gasteiger partial charge is 0.0574 e. The molecule has 1 nitrogen and oxygen atoms in total. The summed E-state index contributed by atoms with van der Waals surface area (Å²) in [5, 5.41) is 9.17. The lowest BCUT2D eigenvalue weighted by molar-refractivity contribution is 0.147. The Balaban J connectivity index is 3.71. The van der Waals surface area contributed by atoms with E-state index in [9.17, 15) is 0 Å². The van der Waals surface area contributed by atoms with Gasteiger partial charge >= 0.3 is 0 Å². The van der Waals surface area contributed by atoms with E-state index in [1.165, 1.54) is 0 Å². The van der Waals surface area contributed by atoms with Crippen LogP contribution in [0.3, 0.4) is 0 Å². The zero-order valence-electron chi connectivity index (χ0n) is 6.88. The normalized spacial score (nSPS) is 17.6. The molecule has 2 atom stereocenters. The summed E-state index contributed by atoms with van der Waals surface area (Å²) in [6.07, 6.45) is 5.61. The van der Waals surface area contributed by atoms with Crippen molar-refractivity contribution in [2.24, 2.45) is 5.92 Å². The minimum atomic E-state index is -0.229. The Bertz CT molecular complexity index is 94.9. The number of hydrogen-bond acceptors (Lipinski definition) is 1. The van der Waals surface area contributed by atoms with Gasteiger partial charge in [0.25, 0.3) is 0 Å². The average Bonchev–Trinajstić information content (AvgIpc) is 1.89. The molecule has 0 aromatic rings. The van der Waals surface area contributed by atoms with E-state index in [2.05, 4.69) is 13.8 Å². The van der Waals surface area contributed by atoms with Crippen molar-refractivity contribution in [1.82, 2.24) is 0 Å². The molecule has 0 heterocycles. The first-order valence-corrected chi connectivity index (χ1v) is 3.86. The molecular formula is C9H17O. The van der Waals surface area contributed by atoms with Crippen LogP contribution >= 0.6 is 0 Å². The van der Waals surface area contributed by atoms with Crippen molar-refractivity contribution in [3.05, 3.63) is 19.1 Å². The number of aliphatic hydroxyl groups excluding tert-OH is 1. The highest BCUT2D eigenvalue weighted by molar-refractivity contribution is 4.90. The minimum Gasteiger partial charge on any atom is -0.393 e. The van der Waals surface area contributed by atoms with Crippen LogP contribution in [0.4, 0.5) is 0 Å². The summed E-state index contributed by atoms with van der Waals surface area (Å²) in [5.74, 6) is 0.307. The van der Waals surface area contributed by atoms with Crippen LogP contribution in [0.5, 0.6) is 0 Å². The largest absolute Gasteiger partial charge is 0.393 e. The lowest BCUT2D eigenvalue weighted by Gasteiger charge is -2.12. The highest BCUT2D eigenvalue weighted by atomic mass is 16.3. The van der Waals surface area contributed by atoms with Crippen molar-refractivity contribution in [2.45, 2.75) is 32.8 Å². The quantitative estimate of drug-likeness (QED) is 0.595. The molecule has 0 saturated heterocycles. The lowest BCUT2D eigenvalue weighted by Crippen LogP contribution is -2.12. The third-order valence-electron chi connectivity index (χ3n) is 1.64. The van der Waals surface area contributed by atoms with Gasteiger partial charge in [0.2, 0.25) is 0 Å². The summed E-state index contributed by atoms with van der Waals surface area (Å²) in [6.45, 7) is 7.58. The van der Waals surface area contributed by atoms with E-state index in [0.717, 1.165) is 12.8 Å². The first-order valence-electron chi connectivity index (χ1n) is 3.86. The molecule has 2 unspecified atom stereocenters. The fraction of sp³-hybridized carbons (Fsp3) is 0.667. The van der Waals surface area contributed by atoms with Crippen molar-refractivity contribution in [3.8, 4) is 0 Å². The maximum atomic E-state index is 9.17. The van der Waals surface area contributed by atoms with Crippen molar-refractivity contribution in [3.63, 3.8) is 0 Å². The average molecular weight is 141 g/mol. The summed E-state index contributed by atoms with van der Waals surface area (Å²) >= 11 is 0. The number of aliphatic hydroxyl groups is 1. The fourth-order valence-electron chi connectivity index (χ4n) is 0.909. The van der Waals surface area contributed by atoms with Gasteiger partial charge in [-0.25, -0.2) is 0 Å². The van der Waals surface area contributed by atoms with E-state index < -0.39 is 0 Å². The Labute approximate surface area is 63.8 Å². The van der Waals surface area contributed by atoms with Gasteiger partial charge in [0, 0.05) is 5.92 Å². The molecule has 0 fully saturated rings. The topological polar surface area (TPSA) is 20.2 Å². The molecule has 0 spiro atoms. The second kappa shape index (κ2) is 5.48. The van der Waals surface area contributed by atoms with Gasteiger partial charge in [-0.05, 0) is 26.7 Å². The van der Waals surface area contributed by atoms with Crippen LogP contribution in [-0.2, 0) is 0 Å². The van der Waals surface area contributed by atoms with Crippen molar-refractivity contribution in [2.75, 3.05) is 0 Å². The Kier molecular flexibility index (Phi) is 5.32. The van der Waals surface area contributed by atoms with E-state index in [-0.39, 0.29) is 6.10 Å². The van der Waals surface area contributed by atoms with Gasteiger partial charge in [0.15, 0.2) is 0 Å². The molecule has 0 bridgehead atoms. The minimum absolute atomic E-state index is 0.229. The maximum Gasteiger partial charge on any atom is 0.0574 e. The van der Waals surface area contributed by atoms with Gasteiger partial charge in [-0.2, -0.15) is 0 Å². The Hall–Kier alpha value is -0.300. The Morgan fingerprint density at radius 3 is 2.50 bits per heavy atom. The molecule has 0 aromatic carbocycles. The van der Waals surface area contributed by atoms with Gasteiger partial charge < -0.3 is 5.11 Å². The van der Waals surface area contributed by atoms with Gasteiger partial charge in [-0.15, -0.1) is 0 Å². The molecule has 0 rings (SSSR count). The third kappa shape index (κ3) is 3.67. The third-order valence-corrected chi connectivity index (χ3v) is 1.64. The van der Waals surface area contributed by atoms with Gasteiger partial charge in [-0.3, -0.25) is 0 Å². The summed E-state index contributed by atoms with van der Waals surface area (Å²) in [4.78, 5) is 0. The van der Waals surface area contributed by atoms with Gasteiger partial charge in [0.1, 0.15) is 0 Å². The summed E-state index contributed by atoms with van der Waals surface area (Å²) < 4.78 is 0. The standard InChI is InChI=1S/C9H17O/c1-4-6-7-9(5-2)8(3)10/h6-10H,1,4-5H2,2-3H3. The van der Waals surface area contributed by atoms with Gasteiger partial charge in [0.05, 0.1) is 6.10 Å². The molecule has 0 aromatic heterocycles. The van der Waals surface area contributed by atoms with Crippen molar-refractivity contribution < 1.29 is 5.11 Å². The molecule has 1 radical (unpaired) electrons. The SMILES string of the molecule is [CH2]CC=CC(CC)C(C)O. The highest BCUT2D eigenvalue weighted by Gasteiger charge is 2.06. The zero-order valence-corrected chi connectivity index (χ0v) is 6.88. The molecule has 1 N–H and O–H groups in total. The first kappa shape index (κ1) is 9.70. The number of allylic oxidation sites excluding steroid dienone is 1. The predicted molar refractivity (Wildman–Crippen MR) is 44.6 cm³/mol. The molecule has 0 aliphatic rings. The molecule has 0 aliphatic carbocycles. The monoisotopic (exact) mass is 141 g/mol. The molecule has 59 valence electrons. The predicted octanol–water partition coefficient (Wildman–Crippen LogP) is 2.17. The Morgan fingerprint density at radius 1 is 1.60 bits per heavy atom. The maximum absolute atomic E-state index is 9.17. The van der Waals surface area contributed by atoms with Gasteiger partial charge in [-0.1, -0.05) is 19.1 Å². The molecule has 0 saturated carbocycles. The van der Waals surface area contributed by atoms with Crippen LogP contribution in [0.15, 0.2) is 12.2 Å². The zero-order chi connectivity index (χ0) is 7.98. The van der Waals surface area contributed by atoms with Crippen molar-refractivity contribution in [1.29, 1.82) is 0 Å². The first-order chi connectivity index (χ1) is 4.72. The lowest BCUT2D eigenvalue weighted by atomic mass is 10.0. The number of hydrogen-bond donors (Lipinski definition) is 1. The van der Waals surface area contributed by atoms with E-state index in [1.54, 1.807) is 0 Å². The molecule has 0 aliphatic heterocycles.